The maximum atomic E-state index is 9.73. The van der Waals surface area contributed by atoms with E-state index in [1.807, 2.05) is 37.4 Å². The number of nitrogens with zero attached hydrogens (tertiary/aromatic N) is 1. The lowest BCUT2D eigenvalue weighted by Gasteiger charge is -2.15. The van der Waals surface area contributed by atoms with Crippen LogP contribution < -0.4 is 0 Å². The number of aliphatic hydroxyl groups is 1. The minimum atomic E-state index is -0.333. The Bertz CT molecular complexity index is 244. The van der Waals surface area contributed by atoms with Crippen LogP contribution in [0.25, 0.3) is 0 Å². The first-order valence-corrected chi connectivity index (χ1v) is 4.86. The van der Waals surface area contributed by atoms with Gasteiger partial charge in [0.2, 0.25) is 0 Å². The van der Waals surface area contributed by atoms with Crippen molar-refractivity contribution in [3.63, 3.8) is 0 Å². The second-order valence-corrected chi connectivity index (χ2v) is 4.19. The fourth-order valence-corrected chi connectivity index (χ4v) is 2.06. The Labute approximate surface area is 77.5 Å². The Morgan fingerprint density at radius 2 is 2.25 bits per heavy atom. The SMILES string of the molecule is Cc1ccsc1C(O)CN(C)C. The van der Waals surface area contributed by atoms with Crippen LogP contribution in [-0.4, -0.2) is 30.6 Å². The molecule has 0 amide bonds. The van der Waals surface area contributed by atoms with Gasteiger partial charge >= 0.3 is 0 Å². The van der Waals surface area contributed by atoms with Gasteiger partial charge in [-0.15, -0.1) is 11.3 Å². The average Bonchev–Trinajstić information content (AvgIpc) is 2.33. The quantitative estimate of drug-likeness (QED) is 0.774. The first kappa shape index (κ1) is 9.71. The molecule has 2 nitrogen and oxygen atoms in total. The molecule has 0 saturated carbocycles. The maximum absolute atomic E-state index is 9.73. The van der Waals surface area contributed by atoms with Crippen molar-refractivity contribution in [2.24, 2.45) is 0 Å². The van der Waals surface area contributed by atoms with Crippen molar-refractivity contribution in [3.8, 4) is 0 Å². The summed E-state index contributed by atoms with van der Waals surface area (Å²) >= 11 is 1.62. The lowest BCUT2D eigenvalue weighted by Crippen LogP contribution is -2.19. The second kappa shape index (κ2) is 4.03. The van der Waals surface area contributed by atoms with E-state index in [1.165, 1.54) is 5.56 Å². The van der Waals surface area contributed by atoms with Crippen LogP contribution in [-0.2, 0) is 0 Å². The van der Waals surface area contributed by atoms with Crippen molar-refractivity contribution in [2.75, 3.05) is 20.6 Å². The van der Waals surface area contributed by atoms with E-state index < -0.39 is 0 Å². The summed E-state index contributed by atoms with van der Waals surface area (Å²) in [5, 5.41) is 11.7. The van der Waals surface area contributed by atoms with Gasteiger partial charge in [-0.05, 0) is 38.0 Å². The molecule has 1 aromatic heterocycles. The summed E-state index contributed by atoms with van der Waals surface area (Å²) in [4.78, 5) is 3.08. The Morgan fingerprint density at radius 1 is 1.58 bits per heavy atom. The molecular formula is C9H15NOS. The fraction of sp³-hybridized carbons (Fsp3) is 0.556. The fourth-order valence-electron chi connectivity index (χ4n) is 1.15. The summed E-state index contributed by atoms with van der Waals surface area (Å²) in [6.07, 6.45) is -0.333. The van der Waals surface area contributed by atoms with Gasteiger partial charge in [-0.1, -0.05) is 0 Å². The summed E-state index contributed by atoms with van der Waals surface area (Å²) in [6, 6.07) is 2.04. The zero-order valence-electron chi connectivity index (χ0n) is 7.74. The average molecular weight is 185 g/mol. The number of thiophene rings is 1. The monoisotopic (exact) mass is 185 g/mol. The Balaban J connectivity index is 2.65. The Kier molecular flexibility index (Phi) is 3.26. The van der Waals surface area contributed by atoms with E-state index in [0.717, 1.165) is 4.88 Å². The number of likely N-dealkylation sites (N-methyl/N-ethyl adjacent to an activating group) is 1. The largest absolute Gasteiger partial charge is 0.386 e. The standard InChI is InChI=1S/C9H15NOS/c1-7-4-5-12-9(7)8(11)6-10(2)3/h4-5,8,11H,6H2,1-3H3. The van der Waals surface area contributed by atoms with E-state index in [1.54, 1.807) is 11.3 Å². The maximum Gasteiger partial charge on any atom is 0.101 e. The van der Waals surface area contributed by atoms with Crippen molar-refractivity contribution in [3.05, 3.63) is 21.9 Å². The number of aryl methyl sites for hydroxylation is 1. The highest BCUT2D eigenvalue weighted by Gasteiger charge is 2.11. The molecule has 1 unspecified atom stereocenters. The number of hydrogen-bond acceptors (Lipinski definition) is 3. The predicted molar refractivity (Wildman–Crippen MR) is 52.6 cm³/mol. The van der Waals surface area contributed by atoms with E-state index in [4.69, 9.17) is 0 Å². The third kappa shape index (κ3) is 2.30. The van der Waals surface area contributed by atoms with Gasteiger partial charge in [0.1, 0.15) is 6.10 Å². The van der Waals surface area contributed by atoms with Gasteiger partial charge in [0.25, 0.3) is 0 Å². The zero-order valence-corrected chi connectivity index (χ0v) is 8.56. The molecule has 0 aliphatic carbocycles. The predicted octanol–water partition coefficient (Wildman–Crippen LogP) is 1.65. The van der Waals surface area contributed by atoms with Crippen LogP contribution in [0.4, 0.5) is 0 Å². The molecule has 12 heavy (non-hydrogen) atoms. The zero-order chi connectivity index (χ0) is 9.14. The van der Waals surface area contributed by atoms with Crippen LogP contribution in [0.2, 0.25) is 0 Å². The topological polar surface area (TPSA) is 23.5 Å². The van der Waals surface area contributed by atoms with Crippen molar-refractivity contribution in [2.45, 2.75) is 13.0 Å². The first-order chi connectivity index (χ1) is 5.61. The van der Waals surface area contributed by atoms with Crippen LogP contribution in [0.15, 0.2) is 11.4 Å². The van der Waals surface area contributed by atoms with Crippen LogP contribution in [0.1, 0.15) is 16.5 Å². The van der Waals surface area contributed by atoms with Gasteiger partial charge in [0.15, 0.2) is 0 Å². The highest BCUT2D eigenvalue weighted by molar-refractivity contribution is 7.10. The molecule has 0 aliphatic rings. The second-order valence-electron chi connectivity index (χ2n) is 3.25. The third-order valence-corrected chi connectivity index (χ3v) is 2.86. The molecule has 1 aromatic rings. The van der Waals surface area contributed by atoms with Gasteiger partial charge in [-0.25, -0.2) is 0 Å². The van der Waals surface area contributed by atoms with Gasteiger partial charge in [0.05, 0.1) is 0 Å². The number of hydrogen-bond donors (Lipinski definition) is 1. The molecule has 0 spiro atoms. The molecule has 3 heteroatoms. The Morgan fingerprint density at radius 3 is 2.67 bits per heavy atom. The molecular weight excluding hydrogens is 170 g/mol. The highest BCUT2D eigenvalue weighted by Crippen LogP contribution is 2.23. The molecule has 0 saturated heterocycles. The van der Waals surface area contributed by atoms with E-state index in [2.05, 4.69) is 0 Å². The minimum absolute atomic E-state index is 0.333. The summed E-state index contributed by atoms with van der Waals surface area (Å²) in [6.45, 7) is 2.73. The smallest absolute Gasteiger partial charge is 0.101 e. The number of rotatable bonds is 3. The van der Waals surface area contributed by atoms with Crippen LogP contribution in [0, 0.1) is 6.92 Å². The molecule has 0 aromatic carbocycles. The number of aliphatic hydroxyl groups excluding tert-OH is 1. The molecule has 1 N–H and O–H groups in total. The van der Waals surface area contributed by atoms with Crippen LogP contribution in [0.3, 0.4) is 0 Å². The highest BCUT2D eigenvalue weighted by atomic mass is 32.1. The third-order valence-electron chi connectivity index (χ3n) is 1.74. The summed E-state index contributed by atoms with van der Waals surface area (Å²) in [5.74, 6) is 0. The van der Waals surface area contributed by atoms with E-state index >= 15 is 0 Å². The lowest BCUT2D eigenvalue weighted by molar-refractivity contribution is 0.141. The van der Waals surface area contributed by atoms with E-state index in [9.17, 15) is 5.11 Å². The molecule has 0 aliphatic heterocycles. The molecule has 1 rings (SSSR count). The Hall–Kier alpha value is -0.380. The van der Waals surface area contributed by atoms with Gasteiger partial charge in [-0.2, -0.15) is 0 Å². The van der Waals surface area contributed by atoms with E-state index in [0.29, 0.717) is 6.54 Å². The summed E-state index contributed by atoms with van der Waals surface area (Å²) in [5.41, 5.74) is 1.19. The molecule has 68 valence electrons. The summed E-state index contributed by atoms with van der Waals surface area (Å²) in [7, 11) is 3.93. The molecule has 0 fully saturated rings. The lowest BCUT2D eigenvalue weighted by atomic mass is 10.2. The van der Waals surface area contributed by atoms with Crippen molar-refractivity contribution in [1.29, 1.82) is 0 Å². The molecule has 1 heterocycles. The molecule has 0 radical (unpaired) electrons. The van der Waals surface area contributed by atoms with Crippen molar-refractivity contribution in [1.82, 2.24) is 4.90 Å². The van der Waals surface area contributed by atoms with Crippen molar-refractivity contribution >= 4 is 11.3 Å². The van der Waals surface area contributed by atoms with Gasteiger partial charge < -0.3 is 10.0 Å². The van der Waals surface area contributed by atoms with Crippen molar-refractivity contribution < 1.29 is 5.11 Å². The van der Waals surface area contributed by atoms with Crippen LogP contribution in [0.5, 0.6) is 0 Å². The normalized spacial score (nSPS) is 13.8. The summed E-state index contributed by atoms with van der Waals surface area (Å²) < 4.78 is 0. The molecule has 0 bridgehead atoms. The van der Waals surface area contributed by atoms with E-state index in [-0.39, 0.29) is 6.10 Å². The van der Waals surface area contributed by atoms with Crippen LogP contribution >= 0.6 is 11.3 Å². The van der Waals surface area contributed by atoms with Gasteiger partial charge in [-0.3, -0.25) is 0 Å². The van der Waals surface area contributed by atoms with Gasteiger partial charge in [0, 0.05) is 11.4 Å². The minimum Gasteiger partial charge on any atom is -0.386 e. The molecule has 1 atom stereocenters. The first-order valence-electron chi connectivity index (χ1n) is 3.98.